The van der Waals surface area contributed by atoms with Gasteiger partial charge in [0, 0.05) is 25.0 Å². The Morgan fingerprint density at radius 2 is 2.10 bits per heavy atom. The first-order chi connectivity index (χ1) is 9.50. The maximum absolute atomic E-state index is 12.4. The van der Waals surface area contributed by atoms with Crippen molar-refractivity contribution in [2.45, 2.75) is 26.3 Å². The van der Waals surface area contributed by atoms with Crippen LogP contribution in [0.25, 0.3) is 10.9 Å². The Morgan fingerprint density at radius 1 is 1.40 bits per heavy atom. The van der Waals surface area contributed by atoms with Crippen LogP contribution in [-0.4, -0.2) is 40.6 Å². The number of H-pyrrole nitrogens is 1. The van der Waals surface area contributed by atoms with E-state index in [2.05, 4.69) is 24.0 Å². The Bertz CT molecular complexity index is 590. The lowest BCUT2D eigenvalue weighted by atomic mass is 10.0. The molecule has 1 aromatic heterocycles. The number of carbonyl (C=O) groups excluding carboxylic acids is 1. The van der Waals surface area contributed by atoms with Gasteiger partial charge in [-0.15, -0.1) is 0 Å². The van der Waals surface area contributed by atoms with Crippen molar-refractivity contribution in [3.8, 4) is 0 Å². The molecule has 2 aromatic rings. The van der Waals surface area contributed by atoms with Gasteiger partial charge in [-0.25, -0.2) is 0 Å². The minimum Gasteiger partial charge on any atom is -0.340 e. The van der Waals surface area contributed by atoms with E-state index in [1.807, 2.05) is 24.3 Å². The molecule has 1 amide bonds. The normalized spacial score (nSPS) is 12.8. The van der Waals surface area contributed by atoms with Crippen LogP contribution >= 0.6 is 0 Å². The highest BCUT2D eigenvalue weighted by molar-refractivity contribution is 6.04. The molecule has 0 aliphatic heterocycles. The Hall–Kier alpha value is -1.88. The Balaban J connectivity index is 2.07. The van der Waals surface area contributed by atoms with Crippen LogP contribution in [0.5, 0.6) is 0 Å². The molecule has 1 unspecified atom stereocenters. The number of para-hydroxylation sites is 1. The van der Waals surface area contributed by atoms with Gasteiger partial charge < -0.3 is 10.6 Å². The first kappa shape index (κ1) is 14.5. The maximum Gasteiger partial charge on any atom is 0.274 e. The number of nitrogens with zero attached hydrogens (tertiary/aromatic N) is 2. The van der Waals surface area contributed by atoms with E-state index in [1.165, 1.54) is 0 Å². The highest BCUT2D eigenvalue weighted by atomic mass is 16.2. The molecule has 3 N–H and O–H groups in total. The number of hydrogen-bond acceptors (Lipinski definition) is 3. The van der Waals surface area contributed by atoms with E-state index in [0.717, 1.165) is 17.3 Å². The van der Waals surface area contributed by atoms with E-state index in [0.29, 0.717) is 18.2 Å². The first-order valence-electron chi connectivity index (χ1n) is 6.95. The van der Waals surface area contributed by atoms with Crippen molar-refractivity contribution < 1.29 is 4.79 Å². The smallest absolute Gasteiger partial charge is 0.274 e. The van der Waals surface area contributed by atoms with Gasteiger partial charge in [0.15, 0.2) is 5.69 Å². The Labute approximate surface area is 119 Å². The SMILES string of the molecule is CC(C)C(N)CCN(C)C(=O)c1n[nH]c2ccccc12. The minimum absolute atomic E-state index is 0.0709. The van der Waals surface area contributed by atoms with Crippen LogP contribution < -0.4 is 5.73 Å². The maximum atomic E-state index is 12.4. The van der Waals surface area contributed by atoms with Crippen molar-refractivity contribution in [2.24, 2.45) is 11.7 Å². The van der Waals surface area contributed by atoms with Crippen molar-refractivity contribution >= 4 is 16.8 Å². The number of nitrogens with one attached hydrogen (secondary N) is 1. The first-order valence-corrected chi connectivity index (χ1v) is 6.95. The van der Waals surface area contributed by atoms with Gasteiger partial charge >= 0.3 is 0 Å². The average molecular weight is 274 g/mol. The fourth-order valence-corrected chi connectivity index (χ4v) is 2.08. The molecule has 0 saturated heterocycles. The van der Waals surface area contributed by atoms with Crippen LogP contribution in [0.3, 0.4) is 0 Å². The van der Waals surface area contributed by atoms with Gasteiger partial charge in [-0.2, -0.15) is 5.10 Å². The highest BCUT2D eigenvalue weighted by Gasteiger charge is 2.18. The summed E-state index contributed by atoms with van der Waals surface area (Å²) in [5, 5.41) is 7.87. The van der Waals surface area contributed by atoms with E-state index >= 15 is 0 Å². The van der Waals surface area contributed by atoms with Gasteiger partial charge in [-0.05, 0) is 18.4 Å². The lowest BCUT2D eigenvalue weighted by molar-refractivity contribution is 0.0785. The molecule has 0 fully saturated rings. The van der Waals surface area contributed by atoms with Crippen molar-refractivity contribution in [1.82, 2.24) is 15.1 Å². The number of aromatic amines is 1. The second-order valence-electron chi connectivity index (χ2n) is 5.54. The number of benzene rings is 1. The number of aromatic nitrogens is 2. The third kappa shape index (κ3) is 2.99. The van der Waals surface area contributed by atoms with Gasteiger partial charge in [0.1, 0.15) is 0 Å². The summed E-state index contributed by atoms with van der Waals surface area (Å²) < 4.78 is 0. The molecule has 1 aromatic carbocycles. The monoisotopic (exact) mass is 274 g/mol. The lowest BCUT2D eigenvalue weighted by Gasteiger charge is -2.21. The third-order valence-electron chi connectivity index (χ3n) is 3.67. The number of carbonyl (C=O) groups is 1. The zero-order chi connectivity index (χ0) is 14.7. The second kappa shape index (κ2) is 6.05. The summed E-state index contributed by atoms with van der Waals surface area (Å²) in [5.74, 6) is 0.350. The van der Waals surface area contributed by atoms with E-state index in [4.69, 9.17) is 5.73 Å². The largest absolute Gasteiger partial charge is 0.340 e. The molecule has 5 heteroatoms. The van der Waals surface area contributed by atoms with Crippen LogP contribution in [0.4, 0.5) is 0 Å². The van der Waals surface area contributed by atoms with Crippen molar-refractivity contribution in [2.75, 3.05) is 13.6 Å². The van der Waals surface area contributed by atoms with Gasteiger partial charge in [-0.3, -0.25) is 9.89 Å². The molecule has 20 heavy (non-hydrogen) atoms. The summed E-state index contributed by atoms with van der Waals surface area (Å²) in [7, 11) is 1.79. The van der Waals surface area contributed by atoms with Gasteiger partial charge in [0.05, 0.1) is 5.52 Å². The predicted octanol–water partition coefficient (Wildman–Crippen LogP) is 2.01. The molecule has 1 atom stereocenters. The standard InChI is InChI=1S/C15H22N4O/c1-10(2)12(16)8-9-19(3)15(20)14-11-6-4-5-7-13(11)17-18-14/h4-7,10,12H,8-9,16H2,1-3H3,(H,17,18). The second-order valence-corrected chi connectivity index (χ2v) is 5.54. The molecule has 0 radical (unpaired) electrons. The van der Waals surface area contributed by atoms with Crippen LogP contribution in [0.15, 0.2) is 24.3 Å². The zero-order valence-corrected chi connectivity index (χ0v) is 12.3. The molecule has 0 bridgehead atoms. The molecule has 0 aliphatic carbocycles. The predicted molar refractivity (Wildman–Crippen MR) is 80.5 cm³/mol. The average Bonchev–Trinajstić information content (AvgIpc) is 2.87. The number of rotatable bonds is 5. The van der Waals surface area contributed by atoms with Gasteiger partial charge in [0.25, 0.3) is 5.91 Å². The van der Waals surface area contributed by atoms with E-state index in [-0.39, 0.29) is 11.9 Å². The van der Waals surface area contributed by atoms with Crippen LogP contribution in [-0.2, 0) is 0 Å². The number of nitrogens with two attached hydrogens (primary N) is 1. The van der Waals surface area contributed by atoms with Crippen LogP contribution in [0.2, 0.25) is 0 Å². The third-order valence-corrected chi connectivity index (χ3v) is 3.67. The number of hydrogen-bond donors (Lipinski definition) is 2. The number of fused-ring (bicyclic) bond motifs is 1. The van der Waals surface area contributed by atoms with E-state index in [1.54, 1.807) is 11.9 Å². The quantitative estimate of drug-likeness (QED) is 0.875. The molecule has 5 nitrogen and oxygen atoms in total. The zero-order valence-electron chi connectivity index (χ0n) is 12.3. The molecule has 0 spiro atoms. The lowest BCUT2D eigenvalue weighted by Crippen LogP contribution is -2.34. The molecule has 0 saturated carbocycles. The van der Waals surface area contributed by atoms with Crippen molar-refractivity contribution in [3.05, 3.63) is 30.0 Å². The van der Waals surface area contributed by atoms with Crippen LogP contribution in [0, 0.1) is 5.92 Å². The summed E-state index contributed by atoms with van der Waals surface area (Å²) in [6, 6.07) is 7.75. The molecular weight excluding hydrogens is 252 g/mol. The highest BCUT2D eigenvalue weighted by Crippen LogP contribution is 2.16. The molecule has 108 valence electrons. The number of amides is 1. The van der Waals surface area contributed by atoms with E-state index < -0.39 is 0 Å². The summed E-state index contributed by atoms with van der Waals surface area (Å²) >= 11 is 0. The summed E-state index contributed by atoms with van der Waals surface area (Å²) in [6.07, 6.45) is 0.794. The molecule has 2 rings (SSSR count). The summed E-state index contributed by atoms with van der Waals surface area (Å²) in [5.41, 5.74) is 7.37. The molecule has 1 heterocycles. The minimum atomic E-state index is -0.0709. The molecular formula is C15H22N4O. The van der Waals surface area contributed by atoms with Gasteiger partial charge in [-0.1, -0.05) is 32.0 Å². The fraction of sp³-hybridized carbons (Fsp3) is 0.467. The Kier molecular flexibility index (Phi) is 4.39. The van der Waals surface area contributed by atoms with Crippen molar-refractivity contribution in [3.63, 3.8) is 0 Å². The van der Waals surface area contributed by atoms with E-state index in [9.17, 15) is 4.79 Å². The molecule has 0 aliphatic rings. The van der Waals surface area contributed by atoms with Crippen molar-refractivity contribution in [1.29, 1.82) is 0 Å². The fourth-order valence-electron chi connectivity index (χ4n) is 2.08. The summed E-state index contributed by atoms with van der Waals surface area (Å²) in [6.45, 7) is 4.82. The van der Waals surface area contributed by atoms with Crippen LogP contribution in [0.1, 0.15) is 30.8 Å². The Morgan fingerprint density at radius 3 is 2.80 bits per heavy atom. The van der Waals surface area contributed by atoms with Gasteiger partial charge in [0.2, 0.25) is 0 Å². The topological polar surface area (TPSA) is 75.0 Å². The summed E-state index contributed by atoms with van der Waals surface area (Å²) in [4.78, 5) is 14.1.